The number of nitrogens with one attached hydrogen (secondary N) is 1. The van der Waals surface area contributed by atoms with Crippen LogP contribution in [0.5, 0.6) is 5.75 Å². The third-order valence-corrected chi connectivity index (χ3v) is 3.60. The van der Waals surface area contributed by atoms with Crippen LogP contribution in [0.4, 0.5) is 0 Å². The maximum Gasteiger partial charge on any atom is 0.232 e. The third kappa shape index (κ3) is 1.44. The van der Waals surface area contributed by atoms with E-state index in [4.69, 9.17) is 9.26 Å². The van der Waals surface area contributed by atoms with Gasteiger partial charge in [-0.15, -0.1) is 0 Å². The molecule has 1 fully saturated rings. The number of hydrogen-bond acceptors (Lipinski definition) is 5. The fraction of sp³-hybridized carbons (Fsp3) is 0.385. The first-order valence-electron chi connectivity index (χ1n) is 6.18. The van der Waals surface area contributed by atoms with E-state index in [-0.39, 0.29) is 5.92 Å². The van der Waals surface area contributed by atoms with Crippen molar-refractivity contribution < 1.29 is 9.26 Å². The Morgan fingerprint density at radius 1 is 1.22 bits per heavy atom. The molecule has 1 aromatic heterocycles. The van der Waals surface area contributed by atoms with Crippen LogP contribution < -0.4 is 10.1 Å². The highest BCUT2D eigenvalue weighted by molar-refractivity contribution is 5.42. The Balaban J connectivity index is 1.66. The zero-order valence-corrected chi connectivity index (χ0v) is 9.80. The fourth-order valence-corrected chi connectivity index (χ4v) is 2.39. The molecular weight excluding hydrogens is 230 g/mol. The standard InChI is InChI=1S/C13H13N3O2/c1-2-4-11-9(3-1)10(7-17-11)12-15-13(18-16-12)8-5-14-6-8/h1-4,8,10,14H,5-7H2. The van der Waals surface area contributed by atoms with Gasteiger partial charge in [0, 0.05) is 18.7 Å². The van der Waals surface area contributed by atoms with Gasteiger partial charge >= 0.3 is 0 Å². The summed E-state index contributed by atoms with van der Waals surface area (Å²) in [7, 11) is 0. The molecule has 1 atom stereocenters. The maximum atomic E-state index is 5.64. The Labute approximate surface area is 104 Å². The molecule has 3 heterocycles. The predicted octanol–water partition coefficient (Wildman–Crippen LogP) is 1.28. The molecule has 1 saturated heterocycles. The van der Waals surface area contributed by atoms with Gasteiger partial charge in [0.1, 0.15) is 12.4 Å². The Kier molecular flexibility index (Phi) is 2.14. The molecule has 0 amide bonds. The normalized spacial score (nSPS) is 22.3. The summed E-state index contributed by atoms with van der Waals surface area (Å²) < 4.78 is 11.0. The molecule has 5 heteroatoms. The van der Waals surface area contributed by atoms with Crippen molar-refractivity contribution >= 4 is 0 Å². The van der Waals surface area contributed by atoms with Crippen LogP contribution in [-0.2, 0) is 0 Å². The molecule has 0 radical (unpaired) electrons. The van der Waals surface area contributed by atoms with Gasteiger partial charge in [-0.05, 0) is 6.07 Å². The minimum absolute atomic E-state index is 0.103. The molecule has 1 aromatic carbocycles. The summed E-state index contributed by atoms with van der Waals surface area (Å²) in [6, 6.07) is 8.03. The number of aromatic nitrogens is 2. The molecule has 4 rings (SSSR count). The summed E-state index contributed by atoms with van der Waals surface area (Å²) in [4.78, 5) is 4.52. The number of benzene rings is 1. The first kappa shape index (κ1) is 10.1. The van der Waals surface area contributed by atoms with E-state index in [1.165, 1.54) is 0 Å². The number of rotatable bonds is 2. The number of ether oxygens (including phenoxy) is 1. The van der Waals surface area contributed by atoms with E-state index >= 15 is 0 Å². The molecule has 92 valence electrons. The van der Waals surface area contributed by atoms with Crippen molar-refractivity contribution in [2.75, 3.05) is 19.7 Å². The number of hydrogen-bond donors (Lipinski definition) is 1. The zero-order chi connectivity index (χ0) is 11.9. The Morgan fingerprint density at radius 2 is 2.11 bits per heavy atom. The van der Waals surface area contributed by atoms with Crippen molar-refractivity contribution in [2.24, 2.45) is 0 Å². The highest BCUT2D eigenvalue weighted by Gasteiger charge is 2.31. The second kappa shape index (κ2) is 3.81. The molecule has 0 bridgehead atoms. The second-order valence-electron chi connectivity index (χ2n) is 4.75. The van der Waals surface area contributed by atoms with E-state index < -0.39 is 0 Å². The van der Waals surface area contributed by atoms with Gasteiger partial charge in [0.2, 0.25) is 5.89 Å². The van der Waals surface area contributed by atoms with Crippen LogP contribution >= 0.6 is 0 Å². The predicted molar refractivity (Wildman–Crippen MR) is 63.7 cm³/mol. The highest BCUT2D eigenvalue weighted by atomic mass is 16.5. The molecule has 1 N–H and O–H groups in total. The molecule has 1 unspecified atom stereocenters. The number of fused-ring (bicyclic) bond motifs is 1. The Morgan fingerprint density at radius 3 is 2.94 bits per heavy atom. The van der Waals surface area contributed by atoms with Gasteiger partial charge in [-0.3, -0.25) is 0 Å². The average Bonchev–Trinajstić information content (AvgIpc) is 2.92. The Hall–Kier alpha value is -1.88. The average molecular weight is 243 g/mol. The lowest BCUT2D eigenvalue weighted by atomic mass is 10.0. The number of nitrogens with zero attached hydrogens (tertiary/aromatic N) is 2. The van der Waals surface area contributed by atoms with Gasteiger partial charge in [-0.2, -0.15) is 4.98 Å². The van der Waals surface area contributed by atoms with Crippen molar-refractivity contribution in [3.63, 3.8) is 0 Å². The van der Waals surface area contributed by atoms with Crippen LogP contribution in [0, 0.1) is 0 Å². The minimum atomic E-state index is 0.103. The summed E-state index contributed by atoms with van der Waals surface area (Å²) in [5.74, 6) is 2.89. The second-order valence-corrected chi connectivity index (χ2v) is 4.75. The van der Waals surface area contributed by atoms with Gasteiger partial charge in [0.15, 0.2) is 5.82 Å². The summed E-state index contributed by atoms with van der Waals surface area (Å²) in [5, 5.41) is 7.31. The summed E-state index contributed by atoms with van der Waals surface area (Å²) in [5.41, 5.74) is 1.15. The Bertz CT molecular complexity index is 577. The van der Waals surface area contributed by atoms with Crippen LogP contribution in [0.2, 0.25) is 0 Å². The molecule has 2 aliphatic heterocycles. The highest BCUT2D eigenvalue weighted by Crippen LogP contribution is 2.36. The van der Waals surface area contributed by atoms with Crippen LogP contribution in [0.1, 0.15) is 29.1 Å². The summed E-state index contributed by atoms with van der Waals surface area (Å²) in [6.45, 7) is 2.46. The van der Waals surface area contributed by atoms with Crippen molar-refractivity contribution in [1.82, 2.24) is 15.5 Å². The zero-order valence-electron chi connectivity index (χ0n) is 9.80. The largest absolute Gasteiger partial charge is 0.492 e. The van der Waals surface area contributed by atoms with Crippen molar-refractivity contribution in [2.45, 2.75) is 11.8 Å². The molecule has 2 aromatic rings. The lowest BCUT2D eigenvalue weighted by molar-refractivity contribution is 0.302. The maximum absolute atomic E-state index is 5.64. The molecule has 0 saturated carbocycles. The van der Waals surface area contributed by atoms with Crippen LogP contribution in [-0.4, -0.2) is 29.8 Å². The quantitative estimate of drug-likeness (QED) is 0.861. The van der Waals surface area contributed by atoms with Gasteiger partial charge in [-0.1, -0.05) is 23.4 Å². The van der Waals surface area contributed by atoms with E-state index in [0.717, 1.165) is 36.1 Å². The third-order valence-electron chi connectivity index (χ3n) is 3.60. The molecule has 5 nitrogen and oxygen atoms in total. The molecule has 2 aliphatic rings. The first-order valence-corrected chi connectivity index (χ1v) is 6.18. The molecular formula is C13H13N3O2. The monoisotopic (exact) mass is 243 g/mol. The smallest absolute Gasteiger partial charge is 0.232 e. The van der Waals surface area contributed by atoms with Gasteiger partial charge in [0.05, 0.1) is 11.8 Å². The molecule has 0 aliphatic carbocycles. The van der Waals surface area contributed by atoms with E-state index in [9.17, 15) is 0 Å². The van der Waals surface area contributed by atoms with Crippen molar-refractivity contribution in [1.29, 1.82) is 0 Å². The topological polar surface area (TPSA) is 60.2 Å². The number of para-hydroxylation sites is 1. The van der Waals surface area contributed by atoms with Crippen LogP contribution in [0.3, 0.4) is 0 Å². The fourth-order valence-electron chi connectivity index (χ4n) is 2.39. The molecule has 0 spiro atoms. The first-order chi connectivity index (χ1) is 8.92. The van der Waals surface area contributed by atoms with E-state index in [2.05, 4.69) is 21.5 Å². The van der Waals surface area contributed by atoms with E-state index in [0.29, 0.717) is 12.5 Å². The van der Waals surface area contributed by atoms with E-state index in [1.54, 1.807) is 0 Å². The molecule has 18 heavy (non-hydrogen) atoms. The van der Waals surface area contributed by atoms with Crippen molar-refractivity contribution in [3.05, 3.63) is 41.5 Å². The lowest BCUT2D eigenvalue weighted by Gasteiger charge is -2.22. The summed E-state index contributed by atoms with van der Waals surface area (Å²) in [6.07, 6.45) is 0. The van der Waals surface area contributed by atoms with Gasteiger partial charge in [-0.25, -0.2) is 0 Å². The van der Waals surface area contributed by atoms with Crippen LogP contribution in [0.15, 0.2) is 28.8 Å². The lowest BCUT2D eigenvalue weighted by Crippen LogP contribution is -2.40. The van der Waals surface area contributed by atoms with E-state index in [1.807, 2.05) is 18.2 Å². The summed E-state index contributed by atoms with van der Waals surface area (Å²) >= 11 is 0. The van der Waals surface area contributed by atoms with Crippen LogP contribution in [0.25, 0.3) is 0 Å². The minimum Gasteiger partial charge on any atom is -0.492 e. The van der Waals surface area contributed by atoms with Crippen molar-refractivity contribution in [3.8, 4) is 5.75 Å². The van der Waals surface area contributed by atoms with Gasteiger partial charge in [0.25, 0.3) is 0 Å². The van der Waals surface area contributed by atoms with Gasteiger partial charge < -0.3 is 14.6 Å². The SMILES string of the molecule is c1ccc2c(c1)OCC2c1noc(C2CNC2)n1.